The van der Waals surface area contributed by atoms with E-state index in [1.165, 1.54) is 6.07 Å². The summed E-state index contributed by atoms with van der Waals surface area (Å²) in [6, 6.07) is 11.8. The number of rotatable bonds is 7. The summed E-state index contributed by atoms with van der Waals surface area (Å²) in [7, 11) is 0. The van der Waals surface area contributed by atoms with Crippen LogP contribution in [0.2, 0.25) is 0 Å². The first-order chi connectivity index (χ1) is 15.8. The van der Waals surface area contributed by atoms with Crippen molar-refractivity contribution < 1.29 is 14.5 Å². The molecule has 2 aromatic rings. The van der Waals surface area contributed by atoms with Gasteiger partial charge in [-0.1, -0.05) is 19.1 Å². The Balaban J connectivity index is 1.43. The van der Waals surface area contributed by atoms with Crippen molar-refractivity contribution in [3.8, 4) is 0 Å². The normalized spacial score (nSPS) is 19.0. The Morgan fingerprint density at radius 2 is 1.85 bits per heavy atom. The molecular weight excluding hydrogens is 420 g/mol. The minimum Gasteiger partial charge on any atom is -0.366 e. The number of nitrogens with zero attached hydrogens (tertiary/aromatic N) is 2. The van der Waals surface area contributed by atoms with E-state index < -0.39 is 4.92 Å². The fourth-order valence-electron chi connectivity index (χ4n) is 4.29. The van der Waals surface area contributed by atoms with Gasteiger partial charge >= 0.3 is 0 Å². The van der Waals surface area contributed by atoms with Gasteiger partial charge in [0.15, 0.2) is 0 Å². The van der Waals surface area contributed by atoms with Gasteiger partial charge < -0.3 is 15.5 Å². The number of piperidine rings is 1. The van der Waals surface area contributed by atoms with Gasteiger partial charge in [0.2, 0.25) is 5.91 Å². The summed E-state index contributed by atoms with van der Waals surface area (Å²) >= 11 is 0. The van der Waals surface area contributed by atoms with Gasteiger partial charge in [-0.15, -0.1) is 0 Å². The van der Waals surface area contributed by atoms with Crippen molar-refractivity contribution in [3.05, 3.63) is 63.7 Å². The van der Waals surface area contributed by atoms with Gasteiger partial charge in [-0.3, -0.25) is 19.7 Å². The summed E-state index contributed by atoms with van der Waals surface area (Å²) < 4.78 is 0. The number of amides is 2. The van der Waals surface area contributed by atoms with Gasteiger partial charge in [-0.2, -0.15) is 0 Å². The second kappa shape index (κ2) is 9.60. The predicted molar refractivity (Wildman–Crippen MR) is 127 cm³/mol. The molecule has 1 saturated carbocycles. The number of nitro benzene ring substituents is 1. The Morgan fingerprint density at radius 1 is 1.12 bits per heavy atom. The maximum atomic E-state index is 12.8. The number of hydrogen-bond donors (Lipinski definition) is 2. The summed E-state index contributed by atoms with van der Waals surface area (Å²) in [5, 5.41) is 17.5. The van der Waals surface area contributed by atoms with E-state index in [0.29, 0.717) is 11.6 Å². The van der Waals surface area contributed by atoms with Crippen molar-refractivity contribution in [3.63, 3.8) is 0 Å². The second-order valence-electron chi connectivity index (χ2n) is 9.23. The fourth-order valence-corrected chi connectivity index (χ4v) is 4.29. The molecule has 2 aliphatic rings. The van der Waals surface area contributed by atoms with E-state index in [9.17, 15) is 19.7 Å². The summed E-state index contributed by atoms with van der Waals surface area (Å²) in [5.74, 6) is 0.302. The number of hydrogen-bond acceptors (Lipinski definition) is 5. The van der Waals surface area contributed by atoms with Crippen molar-refractivity contribution in [2.24, 2.45) is 11.8 Å². The smallest absolute Gasteiger partial charge is 0.293 e. The lowest BCUT2D eigenvalue weighted by Gasteiger charge is -2.32. The van der Waals surface area contributed by atoms with E-state index in [0.717, 1.165) is 50.0 Å². The molecule has 8 heteroatoms. The average molecular weight is 451 g/mol. The van der Waals surface area contributed by atoms with E-state index in [1.54, 1.807) is 12.1 Å². The third-order valence-corrected chi connectivity index (χ3v) is 6.41. The Morgan fingerprint density at radius 3 is 2.48 bits per heavy atom. The number of benzene rings is 2. The molecule has 174 valence electrons. The molecule has 1 heterocycles. The van der Waals surface area contributed by atoms with Crippen molar-refractivity contribution in [1.29, 1.82) is 0 Å². The molecule has 2 N–H and O–H groups in total. The van der Waals surface area contributed by atoms with Crippen LogP contribution in [0, 0.1) is 22.0 Å². The highest BCUT2D eigenvalue weighted by Gasteiger charge is 2.29. The summed E-state index contributed by atoms with van der Waals surface area (Å²) in [5.41, 5.74) is 2.39. The van der Waals surface area contributed by atoms with Crippen LogP contribution < -0.4 is 15.5 Å². The Hall–Kier alpha value is -3.42. The maximum Gasteiger partial charge on any atom is 0.293 e. The van der Waals surface area contributed by atoms with E-state index in [2.05, 4.69) is 17.6 Å². The number of carbonyl (C=O) groups is 2. The molecule has 1 saturated heterocycles. The zero-order valence-electron chi connectivity index (χ0n) is 19.0. The van der Waals surface area contributed by atoms with Gasteiger partial charge in [0.25, 0.3) is 11.6 Å². The lowest BCUT2D eigenvalue weighted by molar-refractivity contribution is -0.384. The largest absolute Gasteiger partial charge is 0.366 e. The van der Waals surface area contributed by atoms with Crippen LogP contribution in [0.4, 0.5) is 17.1 Å². The summed E-state index contributed by atoms with van der Waals surface area (Å²) in [6.45, 7) is 5.56. The lowest BCUT2D eigenvalue weighted by Crippen LogP contribution is -2.34. The minimum atomic E-state index is -0.413. The zero-order chi connectivity index (χ0) is 23.5. The van der Waals surface area contributed by atoms with Crippen LogP contribution in [-0.2, 0) is 4.79 Å². The number of nitrogens with one attached hydrogen (secondary N) is 2. The first kappa shape index (κ1) is 22.8. The number of carbonyl (C=O) groups excluding carboxylic acids is 2. The molecular formula is C25H30N4O4. The molecule has 2 amide bonds. The van der Waals surface area contributed by atoms with Gasteiger partial charge in [-0.25, -0.2) is 0 Å². The van der Waals surface area contributed by atoms with Crippen LogP contribution in [0.25, 0.3) is 0 Å². The van der Waals surface area contributed by atoms with Crippen LogP contribution in [-0.4, -0.2) is 29.8 Å². The molecule has 0 radical (unpaired) electrons. The van der Waals surface area contributed by atoms with Crippen LogP contribution >= 0.6 is 0 Å². The van der Waals surface area contributed by atoms with Crippen LogP contribution in [0.3, 0.4) is 0 Å². The van der Waals surface area contributed by atoms with Crippen LogP contribution in [0.15, 0.2) is 42.5 Å². The van der Waals surface area contributed by atoms with E-state index in [4.69, 9.17) is 0 Å². The molecule has 2 atom stereocenters. The molecule has 8 nitrogen and oxygen atoms in total. The Kier molecular flexibility index (Phi) is 6.62. The lowest BCUT2D eigenvalue weighted by atomic mass is 9.99. The Labute approximate surface area is 193 Å². The van der Waals surface area contributed by atoms with Crippen molar-refractivity contribution in [1.82, 2.24) is 5.32 Å². The number of nitro groups is 1. The maximum absolute atomic E-state index is 12.8. The van der Waals surface area contributed by atoms with Gasteiger partial charge in [0.1, 0.15) is 5.69 Å². The quantitative estimate of drug-likeness (QED) is 0.471. The molecule has 2 aromatic carbocycles. The fraction of sp³-hybridized carbons (Fsp3) is 0.440. The molecule has 0 bridgehead atoms. The first-order valence-electron chi connectivity index (χ1n) is 11.6. The summed E-state index contributed by atoms with van der Waals surface area (Å²) in [4.78, 5) is 38.1. The highest BCUT2D eigenvalue weighted by molar-refractivity contribution is 5.96. The van der Waals surface area contributed by atoms with Gasteiger partial charge in [0.05, 0.1) is 11.0 Å². The van der Waals surface area contributed by atoms with Gasteiger partial charge in [-0.05, 0) is 68.4 Å². The van der Waals surface area contributed by atoms with Crippen molar-refractivity contribution in [2.45, 2.75) is 45.6 Å². The van der Waals surface area contributed by atoms with E-state index in [-0.39, 0.29) is 35.0 Å². The van der Waals surface area contributed by atoms with Crippen LogP contribution in [0.1, 0.15) is 61.5 Å². The molecule has 1 aliphatic carbocycles. The molecule has 1 aliphatic heterocycles. The van der Waals surface area contributed by atoms with E-state index in [1.807, 2.05) is 36.1 Å². The highest BCUT2D eigenvalue weighted by atomic mass is 16.6. The monoisotopic (exact) mass is 450 g/mol. The second-order valence-corrected chi connectivity index (χ2v) is 9.23. The topological polar surface area (TPSA) is 105 Å². The van der Waals surface area contributed by atoms with Crippen molar-refractivity contribution in [2.75, 3.05) is 23.3 Å². The van der Waals surface area contributed by atoms with Gasteiger partial charge in [0, 0.05) is 36.3 Å². The predicted octanol–water partition coefficient (Wildman–Crippen LogP) is 4.67. The standard InChI is InChI=1S/C25H30N4O4/c1-16-4-3-13-28(15-16)22-12-9-20(14-23(22)29(32)33)25(31)26-17(2)18-7-10-21(11-8-18)27-24(30)19-5-6-19/h7-12,14,16-17,19H,3-6,13,15H2,1-2H3,(H,26,31)(H,27,30). The summed E-state index contributed by atoms with van der Waals surface area (Å²) in [6.07, 6.45) is 4.02. The highest BCUT2D eigenvalue weighted by Crippen LogP contribution is 2.33. The molecule has 2 fully saturated rings. The number of anilines is 2. The molecule has 0 aromatic heterocycles. The first-order valence-corrected chi connectivity index (χ1v) is 11.6. The molecule has 4 rings (SSSR count). The third kappa shape index (κ3) is 5.50. The molecule has 2 unspecified atom stereocenters. The minimum absolute atomic E-state index is 0.0415. The molecule has 0 spiro atoms. The zero-order valence-corrected chi connectivity index (χ0v) is 19.0. The molecule has 33 heavy (non-hydrogen) atoms. The van der Waals surface area contributed by atoms with Crippen molar-refractivity contribution >= 4 is 28.9 Å². The van der Waals surface area contributed by atoms with E-state index >= 15 is 0 Å². The SMILES string of the molecule is CC1CCCN(c2ccc(C(=O)NC(C)c3ccc(NC(=O)C4CC4)cc3)cc2[N+](=O)[O-])C1. The third-order valence-electron chi connectivity index (χ3n) is 6.41. The average Bonchev–Trinajstić information content (AvgIpc) is 3.64. The van der Waals surface area contributed by atoms with Crippen LogP contribution in [0.5, 0.6) is 0 Å². The Bertz CT molecular complexity index is 1050.